The van der Waals surface area contributed by atoms with E-state index in [9.17, 15) is 4.79 Å². The zero-order valence-electron chi connectivity index (χ0n) is 19.8. The maximum absolute atomic E-state index is 12.8. The fourth-order valence-corrected chi connectivity index (χ4v) is 4.99. The smallest absolute Gasteiger partial charge is 0.321 e. The predicted octanol–water partition coefficient (Wildman–Crippen LogP) is 4.78. The number of hydrogen-bond donors (Lipinski definition) is 1. The second-order valence-corrected chi connectivity index (χ2v) is 9.56. The molecule has 5 rings (SSSR count). The molecule has 1 spiro atoms. The first kappa shape index (κ1) is 22.5. The number of carbonyl (C=O) groups is 1. The fourth-order valence-electron chi connectivity index (χ4n) is 4.99. The summed E-state index contributed by atoms with van der Waals surface area (Å²) in [6.45, 7) is 6.23. The van der Waals surface area contributed by atoms with Gasteiger partial charge in [-0.3, -0.25) is 4.98 Å². The van der Waals surface area contributed by atoms with Gasteiger partial charge < -0.3 is 19.5 Å². The minimum atomic E-state index is -0.174. The lowest BCUT2D eigenvalue weighted by Crippen LogP contribution is -2.51. The molecule has 8 nitrogen and oxygen atoms in total. The van der Waals surface area contributed by atoms with E-state index in [1.54, 1.807) is 12.4 Å². The van der Waals surface area contributed by atoms with Gasteiger partial charge in [-0.15, -0.1) is 0 Å². The molecule has 4 heterocycles. The number of pyridine rings is 1. The van der Waals surface area contributed by atoms with Crippen LogP contribution in [0.15, 0.2) is 47.2 Å². The number of likely N-dealkylation sites (tertiary alicyclic amines) is 1. The summed E-state index contributed by atoms with van der Waals surface area (Å²) >= 11 is 0. The lowest BCUT2D eigenvalue weighted by atomic mass is 9.78. The number of hydrogen-bond acceptors (Lipinski definition) is 6. The van der Waals surface area contributed by atoms with Crippen molar-refractivity contribution < 1.29 is 14.1 Å². The first-order valence-corrected chi connectivity index (χ1v) is 12.0. The number of aromatic nitrogens is 3. The average molecular weight is 462 g/mol. The molecule has 2 aromatic heterocycles. The Labute approximate surface area is 199 Å². The second-order valence-electron chi connectivity index (χ2n) is 9.56. The maximum Gasteiger partial charge on any atom is 0.321 e. The molecule has 2 fully saturated rings. The third-order valence-electron chi connectivity index (χ3n) is 7.17. The topological polar surface area (TPSA) is 93.4 Å². The molecule has 8 heteroatoms. The standard InChI is InChI=1S/C26H31N5O3/c1-18-5-6-22(14-19(18)2)28-25(32)31-11-8-26(9-12-31)16-20(7-13-33-26)15-23-29-24(30-34-23)21-4-3-10-27-17-21/h3-6,10,14,17,20H,7-9,11-13,15-16H2,1-2H3,(H,28,32). The maximum atomic E-state index is 12.8. The Morgan fingerprint density at radius 3 is 2.82 bits per heavy atom. The van der Waals surface area contributed by atoms with Gasteiger partial charge in [-0.2, -0.15) is 4.98 Å². The van der Waals surface area contributed by atoms with Gasteiger partial charge in [0.05, 0.1) is 5.60 Å². The van der Waals surface area contributed by atoms with E-state index in [2.05, 4.69) is 34.3 Å². The summed E-state index contributed by atoms with van der Waals surface area (Å²) in [5, 5.41) is 7.16. The van der Waals surface area contributed by atoms with E-state index < -0.39 is 0 Å². The van der Waals surface area contributed by atoms with Gasteiger partial charge in [0.2, 0.25) is 11.7 Å². The van der Waals surface area contributed by atoms with E-state index in [4.69, 9.17) is 9.26 Å². The summed E-state index contributed by atoms with van der Waals surface area (Å²) in [6, 6.07) is 9.76. The van der Waals surface area contributed by atoms with Crippen molar-refractivity contribution in [2.75, 3.05) is 25.0 Å². The van der Waals surface area contributed by atoms with Gasteiger partial charge in [0.25, 0.3) is 0 Å². The average Bonchev–Trinajstić information content (AvgIpc) is 3.31. The predicted molar refractivity (Wildman–Crippen MR) is 128 cm³/mol. The number of aryl methyl sites for hydroxylation is 2. The van der Waals surface area contributed by atoms with Gasteiger partial charge in [0, 0.05) is 49.8 Å². The summed E-state index contributed by atoms with van der Waals surface area (Å²) in [6.07, 6.45) is 7.82. The van der Waals surface area contributed by atoms with E-state index in [0.717, 1.165) is 50.0 Å². The van der Waals surface area contributed by atoms with Crippen molar-refractivity contribution in [1.29, 1.82) is 0 Å². The zero-order chi connectivity index (χ0) is 23.5. The number of piperidine rings is 1. The number of amides is 2. The molecule has 1 aromatic carbocycles. The highest BCUT2D eigenvalue weighted by atomic mass is 16.5. The van der Waals surface area contributed by atoms with Crippen LogP contribution in [0.5, 0.6) is 0 Å². The molecule has 34 heavy (non-hydrogen) atoms. The Morgan fingerprint density at radius 1 is 1.21 bits per heavy atom. The van der Waals surface area contributed by atoms with Crippen molar-refractivity contribution in [2.24, 2.45) is 5.92 Å². The zero-order valence-corrected chi connectivity index (χ0v) is 19.8. The van der Waals surface area contributed by atoms with Crippen molar-refractivity contribution in [3.8, 4) is 11.4 Å². The van der Waals surface area contributed by atoms with Crippen molar-refractivity contribution in [3.63, 3.8) is 0 Å². The van der Waals surface area contributed by atoms with Crippen LogP contribution in [0.25, 0.3) is 11.4 Å². The number of rotatable bonds is 4. The Kier molecular flexibility index (Phi) is 6.32. The van der Waals surface area contributed by atoms with Gasteiger partial charge in [-0.25, -0.2) is 4.79 Å². The van der Waals surface area contributed by atoms with Crippen LogP contribution in [-0.4, -0.2) is 51.4 Å². The monoisotopic (exact) mass is 461 g/mol. The molecule has 2 amide bonds. The molecule has 1 atom stereocenters. The van der Waals surface area contributed by atoms with Crippen molar-refractivity contribution in [2.45, 2.75) is 51.6 Å². The quantitative estimate of drug-likeness (QED) is 0.601. The Hall–Kier alpha value is -3.26. The van der Waals surface area contributed by atoms with Gasteiger partial charge in [0.1, 0.15) is 0 Å². The molecule has 2 saturated heterocycles. The van der Waals surface area contributed by atoms with E-state index in [1.807, 2.05) is 35.2 Å². The molecular formula is C26H31N5O3. The van der Waals surface area contributed by atoms with E-state index >= 15 is 0 Å². The molecule has 0 aliphatic carbocycles. The highest BCUT2D eigenvalue weighted by molar-refractivity contribution is 5.89. The third-order valence-corrected chi connectivity index (χ3v) is 7.17. The second kappa shape index (κ2) is 9.54. The van der Waals surface area contributed by atoms with E-state index in [0.29, 0.717) is 30.7 Å². The molecular weight excluding hydrogens is 430 g/mol. The SMILES string of the molecule is Cc1ccc(NC(=O)N2CCC3(CC2)CC(Cc2nc(-c4cccnc4)no2)CCO3)cc1C. The van der Waals surface area contributed by atoms with Crippen LogP contribution in [-0.2, 0) is 11.2 Å². The molecule has 2 aliphatic rings. The molecule has 0 saturated carbocycles. The number of benzene rings is 1. The van der Waals surface area contributed by atoms with E-state index in [1.165, 1.54) is 11.1 Å². The van der Waals surface area contributed by atoms with Gasteiger partial charge >= 0.3 is 6.03 Å². The van der Waals surface area contributed by atoms with Crippen molar-refractivity contribution in [1.82, 2.24) is 20.0 Å². The Balaban J connectivity index is 1.15. The van der Waals surface area contributed by atoms with Crippen LogP contribution in [0.4, 0.5) is 10.5 Å². The largest absolute Gasteiger partial charge is 0.375 e. The van der Waals surface area contributed by atoms with Gasteiger partial charge in [-0.1, -0.05) is 11.2 Å². The molecule has 2 aliphatic heterocycles. The highest BCUT2D eigenvalue weighted by Gasteiger charge is 2.41. The summed E-state index contributed by atoms with van der Waals surface area (Å²) in [5.74, 6) is 1.66. The molecule has 178 valence electrons. The molecule has 3 aromatic rings. The number of urea groups is 1. The van der Waals surface area contributed by atoms with Gasteiger partial charge in [0.15, 0.2) is 0 Å². The number of nitrogens with zero attached hydrogens (tertiary/aromatic N) is 4. The fraction of sp³-hybridized carbons (Fsp3) is 0.462. The summed E-state index contributed by atoms with van der Waals surface area (Å²) < 4.78 is 11.8. The molecule has 1 unspecified atom stereocenters. The first-order chi connectivity index (χ1) is 16.5. The molecule has 1 N–H and O–H groups in total. The summed E-state index contributed by atoms with van der Waals surface area (Å²) in [5.41, 5.74) is 3.91. The van der Waals surface area contributed by atoms with Crippen molar-refractivity contribution in [3.05, 3.63) is 59.7 Å². The van der Waals surface area contributed by atoms with E-state index in [-0.39, 0.29) is 11.6 Å². The van der Waals surface area contributed by atoms with Crippen LogP contribution < -0.4 is 5.32 Å². The number of carbonyl (C=O) groups excluding carboxylic acids is 1. The van der Waals surface area contributed by atoms with Crippen LogP contribution in [0, 0.1) is 19.8 Å². The lowest BCUT2D eigenvalue weighted by Gasteiger charge is -2.46. The lowest BCUT2D eigenvalue weighted by molar-refractivity contribution is -0.123. The minimum absolute atomic E-state index is 0.0424. The Morgan fingerprint density at radius 2 is 2.06 bits per heavy atom. The van der Waals surface area contributed by atoms with Crippen LogP contribution >= 0.6 is 0 Å². The van der Waals surface area contributed by atoms with Crippen LogP contribution in [0.1, 0.15) is 42.7 Å². The first-order valence-electron chi connectivity index (χ1n) is 12.0. The third kappa shape index (κ3) is 4.97. The number of nitrogens with one attached hydrogen (secondary N) is 1. The minimum Gasteiger partial charge on any atom is -0.375 e. The molecule has 0 radical (unpaired) electrons. The van der Waals surface area contributed by atoms with Crippen LogP contribution in [0.2, 0.25) is 0 Å². The molecule has 0 bridgehead atoms. The number of ether oxygens (including phenoxy) is 1. The Bertz CT molecular complexity index is 1140. The van der Waals surface area contributed by atoms with Crippen molar-refractivity contribution >= 4 is 11.7 Å². The summed E-state index contributed by atoms with van der Waals surface area (Å²) in [4.78, 5) is 23.4. The number of anilines is 1. The van der Waals surface area contributed by atoms with Gasteiger partial charge in [-0.05, 0) is 80.8 Å². The van der Waals surface area contributed by atoms with Crippen LogP contribution in [0.3, 0.4) is 0 Å². The highest BCUT2D eigenvalue weighted by Crippen LogP contribution is 2.39. The summed E-state index contributed by atoms with van der Waals surface area (Å²) in [7, 11) is 0. The normalized spacial score (nSPS) is 19.8.